The number of benzene rings is 2. The van der Waals surface area contributed by atoms with Crippen LogP contribution in [0.5, 0.6) is 0 Å². The van der Waals surface area contributed by atoms with E-state index in [1.54, 1.807) is 9.80 Å². The summed E-state index contributed by atoms with van der Waals surface area (Å²) in [6.07, 6.45) is 3.25. The molecule has 1 heterocycles. The lowest BCUT2D eigenvalue weighted by Crippen LogP contribution is -2.51. The van der Waals surface area contributed by atoms with Gasteiger partial charge in [0.2, 0.25) is 11.8 Å². The highest BCUT2D eigenvalue weighted by atomic mass is 16.3. The normalized spacial score (nSPS) is 20.7. The Hall–Kier alpha value is -3.43. The first-order valence-corrected chi connectivity index (χ1v) is 15.3. The number of rotatable bonds is 16. The van der Waals surface area contributed by atoms with Gasteiger partial charge < -0.3 is 30.6 Å². The molecule has 9 nitrogen and oxygen atoms in total. The summed E-state index contributed by atoms with van der Waals surface area (Å²) in [5.41, 5.74) is 1.98. The predicted octanol–water partition coefficient (Wildman–Crippen LogP) is 3.28. The largest absolute Gasteiger partial charge is 0.388 e. The van der Waals surface area contributed by atoms with Crippen molar-refractivity contribution in [3.05, 3.63) is 71.8 Å². The molecule has 4 atom stereocenters. The number of amides is 4. The van der Waals surface area contributed by atoms with Gasteiger partial charge in [-0.25, -0.2) is 4.79 Å². The number of aliphatic hydroxyl groups is 2. The van der Waals surface area contributed by atoms with Gasteiger partial charge in [0, 0.05) is 40.0 Å². The maximum absolute atomic E-state index is 14.4. The van der Waals surface area contributed by atoms with Gasteiger partial charge in [0.1, 0.15) is 12.2 Å². The Labute approximate surface area is 250 Å². The van der Waals surface area contributed by atoms with Gasteiger partial charge in [-0.2, -0.15) is 0 Å². The number of nitrogens with zero attached hydrogens (tertiary/aromatic N) is 2. The highest BCUT2D eigenvalue weighted by molar-refractivity contribution is 5.76. The predicted molar refractivity (Wildman–Crippen MR) is 164 cm³/mol. The Morgan fingerprint density at radius 1 is 0.643 bits per heavy atom. The molecule has 0 bridgehead atoms. The van der Waals surface area contributed by atoms with Crippen LogP contribution in [-0.4, -0.2) is 88.3 Å². The Bertz CT molecular complexity index is 1010. The van der Waals surface area contributed by atoms with Gasteiger partial charge in [-0.15, -0.1) is 0 Å². The van der Waals surface area contributed by atoms with Crippen LogP contribution >= 0.6 is 0 Å². The molecule has 2 aromatic rings. The van der Waals surface area contributed by atoms with E-state index in [9.17, 15) is 24.6 Å². The second kappa shape index (κ2) is 17.5. The van der Waals surface area contributed by atoms with E-state index in [1.165, 1.54) is 13.8 Å². The summed E-state index contributed by atoms with van der Waals surface area (Å²) >= 11 is 0. The molecule has 3 rings (SSSR count). The lowest BCUT2D eigenvalue weighted by molar-refractivity contribution is -0.119. The molecule has 9 heteroatoms. The average molecular weight is 581 g/mol. The van der Waals surface area contributed by atoms with E-state index in [4.69, 9.17) is 0 Å². The van der Waals surface area contributed by atoms with Gasteiger partial charge in [0.25, 0.3) is 0 Å². The molecule has 2 aromatic carbocycles. The molecular weight excluding hydrogens is 532 g/mol. The fourth-order valence-corrected chi connectivity index (χ4v) is 5.67. The van der Waals surface area contributed by atoms with Gasteiger partial charge >= 0.3 is 6.03 Å². The number of nitrogens with one attached hydrogen (secondary N) is 2. The number of carbonyl (C=O) groups is 3. The van der Waals surface area contributed by atoms with E-state index in [2.05, 4.69) is 10.6 Å². The van der Waals surface area contributed by atoms with Crippen molar-refractivity contribution in [1.82, 2.24) is 20.4 Å². The standard InChI is InChI=1S/C33H48N4O5/c1-25(38)34-19-11-5-13-21-36-29(23-27-15-7-3-8-16-27)31(40)32(41)30(24-28-17-9-4-10-18-28)37(33(36)42)22-14-6-12-20-35-26(2)39/h3-4,7-10,15-18,29-32,40-41H,5-6,11-14,19-24H2,1-2H3,(H,34,38)(H,35,39)/t29-,30-,31+,32+/m1/s1. The molecule has 42 heavy (non-hydrogen) atoms. The van der Waals surface area contributed by atoms with E-state index in [0.717, 1.165) is 36.8 Å². The van der Waals surface area contributed by atoms with E-state index in [-0.39, 0.29) is 17.8 Å². The first-order chi connectivity index (χ1) is 20.3. The Morgan fingerprint density at radius 3 is 1.38 bits per heavy atom. The van der Waals surface area contributed by atoms with Crippen molar-refractivity contribution in [2.24, 2.45) is 0 Å². The molecule has 0 aromatic heterocycles. The van der Waals surface area contributed by atoms with E-state index in [0.29, 0.717) is 51.9 Å². The zero-order valence-corrected chi connectivity index (χ0v) is 25.1. The van der Waals surface area contributed by atoms with Crippen LogP contribution < -0.4 is 10.6 Å². The molecule has 4 N–H and O–H groups in total. The van der Waals surface area contributed by atoms with E-state index < -0.39 is 24.3 Å². The fourth-order valence-electron chi connectivity index (χ4n) is 5.67. The van der Waals surface area contributed by atoms with Crippen LogP contribution in [0.1, 0.15) is 63.5 Å². The van der Waals surface area contributed by atoms with Crippen LogP contribution in [0, 0.1) is 0 Å². The molecule has 0 unspecified atom stereocenters. The molecule has 1 aliphatic rings. The van der Waals surface area contributed by atoms with Crippen molar-refractivity contribution >= 4 is 17.8 Å². The Morgan fingerprint density at radius 2 is 1.02 bits per heavy atom. The molecule has 0 spiro atoms. The second-order valence-electron chi connectivity index (χ2n) is 11.3. The minimum atomic E-state index is -1.13. The maximum Gasteiger partial charge on any atom is 0.320 e. The zero-order valence-electron chi connectivity index (χ0n) is 25.1. The quantitative estimate of drug-likeness (QED) is 0.227. The van der Waals surface area contributed by atoms with Crippen molar-refractivity contribution in [3.8, 4) is 0 Å². The first kappa shape index (κ1) is 33.1. The fraction of sp³-hybridized carbons (Fsp3) is 0.545. The van der Waals surface area contributed by atoms with Gasteiger partial charge in [-0.05, 0) is 62.5 Å². The monoisotopic (exact) mass is 580 g/mol. The molecule has 1 saturated heterocycles. The van der Waals surface area contributed by atoms with Crippen molar-refractivity contribution < 1.29 is 24.6 Å². The van der Waals surface area contributed by atoms with E-state index >= 15 is 0 Å². The molecule has 0 aliphatic carbocycles. The highest BCUT2D eigenvalue weighted by Crippen LogP contribution is 2.28. The van der Waals surface area contributed by atoms with Gasteiger partial charge in [0.15, 0.2) is 0 Å². The van der Waals surface area contributed by atoms with Gasteiger partial charge in [0.05, 0.1) is 12.1 Å². The molecule has 1 aliphatic heterocycles. The second-order valence-corrected chi connectivity index (χ2v) is 11.3. The number of hydrogen-bond acceptors (Lipinski definition) is 5. The number of hydrogen-bond donors (Lipinski definition) is 4. The lowest BCUT2D eigenvalue weighted by Gasteiger charge is -2.36. The van der Waals surface area contributed by atoms with Crippen molar-refractivity contribution in [2.75, 3.05) is 26.2 Å². The Kier molecular flexibility index (Phi) is 13.8. The molecular formula is C33H48N4O5. The molecule has 230 valence electrons. The maximum atomic E-state index is 14.4. The summed E-state index contributed by atoms with van der Waals surface area (Å²) in [6.45, 7) is 5.05. The van der Waals surface area contributed by atoms with Gasteiger partial charge in [-0.3, -0.25) is 9.59 Å². The van der Waals surface area contributed by atoms with Crippen molar-refractivity contribution in [3.63, 3.8) is 0 Å². The zero-order chi connectivity index (χ0) is 30.3. The topological polar surface area (TPSA) is 122 Å². The van der Waals surface area contributed by atoms with Crippen LogP contribution in [0.2, 0.25) is 0 Å². The highest BCUT2D eigenvalue weighted by Gasteiger charge is 2.45. The van der Waals surface area contributed by atoms with Crippen LogP contribution in [0.15, 0.2) is 60.7 Å². The average Bonchev–Trinajstić information content (AvgIpc) is 3.03. The molecule has 0 radical (unpaired) electrons. The molecule has 1 fully saturated rings. The van der Waals surface area contributed by atoms with Gasteiger partial charge in [-0.1, -0.05) is 60.7 Å². The smallest absolute Gasteiger partial charge is 0.320 e. The number of carbonyl (C=O) groups excluding carboxylic acids is 3. The Balaban J connectivity index is 1.84. The molecule has 0 saturated carbocycles. The summed E-state index contributed by atoms with van der Waals surface area (Å²) in [7, 11) is 0. The van der Waals surface area contributed by atoms with Crippen LogP contribution in [0.4, 0.5) is 4.79 Å². The summed E-state index contributed by atoms with van der Waals surface area (Å²) in [5.74, 6) is -0.121. The number of urea groups is 1. The third kappa shape index (κ3) is 10.4. The number of aliphatic hydroxyl groups excluding tert-OH is 2. The minimum absolute atomic E-state index is 0.0603. The first-order valence-electron chi connectivity index (χ1n) is 15.3. The van der Waals surface area contributed by atoms with Crippen LogP contribution in [0.25, 0.3) is 0 Å². The molecule has 4 amide bonds. The summed E-state index contributed by atoms with van der Waals surface area (Å²) in [6, 6.07) is 18.2. The van der Waals surface area contributed by atoms with Crippen LogP contribution in [0.3, 0.4) is 0 Å². The van der Waals surface area contributed by atoms with Crippen molar-refractivity contribution in [1.29, 1.82) is 0 Å². The third-order valence-electron chi connectivity index (χ3n) is 7.91. The lowest BCUT2D eigenvalue weighted by atomic mass is 9.91. The minimum Gasteiger partial charge on any atom is -0.388 e. The third-order valence-corrected chi connectivity index (χ3v) is 7.91. The van der Waals surface area contributed by atoms with E-state index in [1.807, 2.05) is 60.7 Å². The summed E-state index contributed by atoms with van der Waals surface area (Å²) in [4.78, 5) is 40.3. The number of unbranched alkanes of at least 4 members (excludes halogenated alkanes) is 4. The SMILES string of the molecule is CC(=O)NCCCCCN1C(=O)N(CCCCCNC(C)=O)[C@H](Cc2ccccc2)[C@H](O)[C@@H](O)[C@H]1Cc1ccccc1. The summed E-state index contributed by atoms with van der Waals surface area (Å²) < 4.78 is 0. The van der Waals surface area contributed by atoms with Crippen LogP contribution in [-0.2, 0) is 22.4 Å². The summed E-state index contributed by atoms with van der Waals surface area (Å²) in [5, 5.41) is 29.0. The van der Waals surface area contributed by atoms with Crippen molar-refractivity contribution in [2.45, 2.75) is 89.5 Å².